The van der Waals surface area contributed by atoms with E-state index in [0.29, 0.717) is 17.5 Å². The van der Waals surface area contributed by atoms with E-state index >= 15 is 0 Å². The van der Waals surface area contributed by atoms with Crippen molar-refractivity contribution in [3.8, 4) is 51.0 Å². The third-order valence-corrected chi connectivity index (χ3v) is 12.6. The molecule has 4 nitrogen and oxygen atoms in total. The lowest BCUT2D eigenvalue weighted by atomic mass is 9.86. The number of thiophene rings is 1. The third-order valence-electron chi connectivity index (χ3n) is 11.4. The summed E-state index contributed by atoms with van der Waals surface area (Å²) in [5.41, 5.74) is 11.0. The van der Waals surface area contributed by atoms with Gasteiger partial charge in [-0.1, -0.05) is 169 Å². The van der Waals surface area contributed by atoms with Gasteiger partial charge < -0.3 is 4.57 Å². The van der Waals surface area contributed by atoms with Crippen LogP contribution >= 0.6 is 11.3 Å². The van der Waals surface area contributed by atoms with Crippen molar-refractivity contribution in [1.29, 1.82) is 0 Å². The molecule has 0 aliphatic rings. The summed E-state index contributed by atoms with van der Waals surface area (Å²) in [6, 6.07) is 56.8. The molecule has 0 bridgehead atoms. The van der Waals surface area contributed by atoms with Gasteiger partial charge in [-0.2, -0.15) is 0 Å². The quantitative estimate of drug-likeness (QED) is 0.175. The molecule has 0 atom stereocenters. The van der Waals surface area contributed by atoms with E-state index < -0.39 is 0 Å². The van der Waals surface area contributed by atoms with Gasteiger partial charge in [0.1, 0.15) is 0 Å². The summed E-state index contributed by atoms with van der Waals surface area (Å²) in [4.78, 5) is 15.8. The van der Waals surface area contributed by atoms with Gasteiger partial charge in [0.15, 0.2) is 17.5 Å². The number of hydrogen-bond acceptors (Lipinski definition) is 4. The zero-order valence-corrected chi connectivity index (χ0v) is 34.5. The molecule has 0 saturated carbocycles. The highest BCUT2D eigenvalue weighted by Gasteiger charge is 2.24. The van der Waals surface area contributed by atoms with E-state index in [1.807, 2.05) is 47.7 Å². The second-order valence-corrected chi connectivity index (χ2v) is 18.4. The molecule has 10 aromatic rings. The molecule has 0 amide bonds. The Labute approximate surface area is 343 Å². The van der Waals surface area contributed by atoms with Gasteiger partial charge in [0.25, 0.3) is 0 Å². The van der Waals surface area contributed by atoms with Crippen LogP contribution in [0.25, 0.3) is 93.0 Å². The molecule has 0 saturated heterocycles. The monoisotopic (exact) mass is 768 g/mol. The topological polar surface area (TPSA) is 43.6 Å². The molecular weight excluding hydrogens is 725 g/mol. The van der Waals surface area contributed by atoms with Crippen molar-refractivity contribution < 1.29 is 0 Å². The fraction of sp³-hybridized carbons (Fsp3) is 0.151. The Morgan fingerprint density at radius 1 is 0.414 bits per heavy atom. The molecule has 5 heteroatoms. The van der Waals surface area contributed by atoms with Crippen molar-refractivity contribution >= 4 is 53.3 Å². The predicted octanol–water partition coefficient (Wildman–Crippen LogP) is 14.6. The highest BCUT2D eigenvalue weighted by Crippen LogP contribution is 2.44. The maximum atomic E-state index is 5.34. The average molecular weight is 769 g/mol. The van der Waals surface area contributed by atoms with Crippen LogP contribution in [-0.4, -0.2) is 19.5 Å². The molecule has 0 N–H and O–H groups in total. The van der Waals surface area contributed by atoms with Gasteiger partial charge in [-0.3, -0.25) is 0 Å². The lowest BCUT2D eigenvalue weighted by molar-refractivity contribution is 0.591. The molecular formula is C53H44N4S. The smallest absolute Gasteiger partial charge is 0.166 e. The summed E-state index contributed by atoms with van der Waals surface area (Å²) in [6.45, 7) is 13.7. The molecule has 282 valence electrons. The van der Waals surface area contributed by atoms with E-state index in [1.165, 1.54) is 47.6 Å². The van der Waals surface area contributed by atoms with Gasteiger partial charge >= 0.3 is 0 Å². The van der Waals surface area contributed by atoms with Gasteiger partial charge in [-0.15, -0.1) is 11.3 Å². The number of benzene rings is 7. The highest BCUT2D eigenvalue weighted by atomic mass is 32.1. The molecule has 0 aliphatic heterocycles. The van der Waals surface area contributed by atoms with Gasteiger partial charge in [0.2, 0.25) is 0 Å². The van der Waals surface area contributed by atoms with Crippen LogP contribution < -0.4 is 0 Å². The van der Waals surface area contributed by atoms with E-state index in [-0.39, 0.29) is 10.8 Å². The Morgan fingerprint density at radius 2 is 0.948 bits per heavy atom. The summed E-state index contributed by atoms with van der Waals surface area (Å²) in [5.74, 6) is 1.90. The fourth-order valence-corrected chi connectivity index (χ4v) is 9.43. The number of aromatic nitrogens is 4. The zero-order valence-electron chi connectivity index (χ0n) is 33.7. The summed E-state index contributed by atoms with van der Waals surface area (Å²) < 4.78 is 5.02. The minimum atomic E-state index is -0.0367. The molecule has 58 heavy (non-hydrogen) atoms. The maximum absolute atomic E-state index is 5.34. The van der Waals surface area contributed by atoms with Crippen LogP contribution in [0.15, 0.2) is 158 Å². The molecule has 0 aliphatic carbocycles. The second kappa shape index (κ2) is 13.6. The number of rotatable bonds is 5. The fourth-order valence-electron chi connectivity index (χ4n) is 8.19. The van der Waals surface area contributed by atoms with Crippen molar-refractivity contribution in [3.05, 3.63) is 169 Å². The Hall–Kier alpha value is -6.43. The molecule has 3 heterocycles. The first-order chi connectivity index (χ1) is 28.0. The molecule has 0 spiro atoms. The summed E-state index contributed by atoms with van der Waals surface area (Å²) in [5, 5.41) is 5.00. The highest BCUT2D eigenvalue weighted by molar-refractivity contribution is 7.26. The first-order valence-electron chi connectivity index (χ1n) is 20.0. The minimum Gasteiger partial charge on any atom is -0.308 e. The lowest BCUT2D eigenvalue weighted by Crippen LogP contribution is -2.11. The van der Waals surface area contributed by atoms with Crippen molar-refractivity contribution in [2.24, 2.45) is 0 Å². The van der Waals surface area contributed by atoms with E-state index in [1.54, 1.807) is 0 Å². The number of nitrogens with zero attached hydrogens (tertiary/aromatic N) is 4. The van der Waals surface area contributed by atoms with Crippen molar-refractivity contribution in [3.63, 3.8) is 0 Å². The SMILES string of the molecule is CC(C)(C)c1ccc2c3ccc(C(C)(C)C)cc3n(-c3ccc(-c4cccc5c4sc4ccccc45)cc3-c3nc(-c4ccccc4)nc(-c4ccccc4)n3)c2c1. The molecule has 3 aromatic heterocycles. The summed E-state index contributed by atoms with van der Waals surface area (Å²) in [7, 11) is 0. The Kier molecular flexibility index (Phi) is 8.43. The molecule has 0 unspecified atom stereocenters. The Bertz CT molecular complexity index is 3050. The van der Waals surface area contributed by atoms with Crippen LogP contribution in [0.3, 0.4) is 0 Å². The molecule has 7 aromatic carbocycles. The number of hydrogen-bond donors (Lipinski definition) is 0. The van der Waals surface area contributed by atoms with Crippen molar-refractivity contribution in [2.75, 3.05) is 0 Å². The summed E-state index contributed by atoms with van der Waals surface area (Å²) >= 11 is 1.85. The third kappa shape index (κ3) is 6.18. The largest absolute Gasteiger partial charge is 0.308 e. The van der Waals surface area contributed by atoms with Crippen LogP contribution in [0, 0.1) is 0 Å². The minimum absolute atomic E-state index is 0.0367. The van der Waals surface area contributed by atoms with Crippen molar-refractivity contribution in [1.82, 2.24) is 19.5 Å². The Morgan fingerprint density at radius 3 is 1.53 bits per heavy atom. The predicted molar refractivity (Wildman–Crippen MR) is 246 cm³/mol. The normalized spacial score (nSPS) is 12.3. The van der Waals surface area contributed by atoms with E-state index in [0.717, 1.165) is 39.0 Å². The van der Waals surface area contributed by atoms with Gasteiger partial charge in [-0.05, 0) is 63.4 Å². The molecule has 0 fully saturated rings. The van der Waals surface area contributed by atoms with Crippen LogP contribution in [0.2, 0.25) is 0 Å². The number of fused-ring (bicyclic) bond motifs is 6. The van der Waals surface area contributed by atoms with Crippen LogP contribution in [-0.2, 0) is 10.8 Å². The van der Waals surface area contributed by atoms with Gasteiger partial charge in [-0.25, -0.2) is 15.0 Å². The van der Waals surface area contributed by atoms with Gasteiger partial charge in [0.05, 0.1) is 16.7 Å². The second-order valence-electron chi connectivity index (χ2n) is 17.3. The van der Waals surface area contributed by atoms with Gasteiger partial charge in [0, 0.05) is 47.6 Å². The average Bonchev–Trinajstić information content (AvgIpc) is 3.78. The lowest BCUT2D eigenvalue weighted by Gasteiger charge is -2.21. The summed E-state index contributed by atoms with van der Waals surface area (Å²) in [6.07, 6.45) is 0. The Balaban J connectivity index is 1.33. The molecule has 0 radical (unpaired) electrons. The standard InChI is InChI=1S/C53H44N4S/c1-52(2,3)36-25-27-39-40-28-26-37(53(4,5)6)32-46(40)57(45(39)31-36)44-29-24-35(38-21-15-22-42-41-20-13-14-23-47(41)58-48(38)42)30-43(44)51-55-49(33-16-9-7-10-17-33)54-50(56-51)34-18-11-8-12-19-34/h7-32H,1-6H3. The molecule has 10 rings (SSSR count). The first kappa shape index (κ1) is 35.9. The van der Waals surface area contributed by atoms with Crippen LogP contribution in [0.4, 0.5) is 0 Å². The zero-order chi connectivity index (χ0) is 39.8. The van der Waals surface area contributed by atoms with E-state index in [9.17, 15) is 0 Å². The van der Waals surface area contributed by atoms with E-state index in [4.69, 9.17) is 15.0 Å². The maximum Gasteiger partial charge on any atom is 0.166 e. The first-order valence-corrected chi connectivity index (χ1v) is 20.8. The van der Waals surface area contributed by atoms with Crippen molar-refractivity contribution in [2.45, 2.75) is 52.4 Å². The van der Waals surface area contributed by atoms with Crippen LogP contribution in [0.5, 0.6) is 0 Å². The van der Waals surface area contributed by atoms with Crippen LogP contribution in [0.1, 0.15) is 52.7 Å². The van der Waals surface area contributed by atoms with E-state index in [2.05, 4.69) is 167 Å².